The van der Waals surface area contributed by atoms with Gasteiger partial charge in [0.05, 0.1) is 17.5 Å². The summed E-state index contributed by atoms with van der Waals surface area (Å²) >= 11 is 7.85. The van der Waals surface area contributed by atoms with Gasteiger partial charge in [-0.15, -0.1) is 0 Å². The molecular formula is C15H14ClFN2O3S. The maximum Gasteiger partial charge on any atom is 0.305 e. The predicted molar refractivity (Wildman–Crippen MR) is 87.7 cm³/mol. The number of halogens is 2. The minimum Gasteiger partial charge on any atom is -0.481 e. The molecule has 1 saturated heterocycles. The molecule has 23 heavy (non-hydrogen) atoms. The summed E-state index contributed by atoms with van der Waals surface area (Å²) in [6.07, 6.45) is -0.106. The van der Waals surface area contributed by atoms with Gasteiger partial charge in [0.15, 0.2) is 0 Å². The maximum atomic E-state index is 13.4. The molecule has 1 atom stereocenters. The first kappa shape index (κ1) is 16.1. The van der Waals surface area contributed by atoms with Crippen molar-refractivity contribution < 1.29 is 19.1 Å². The van der Waals surface area contributed by atoms with Crippen molar-refractivity contribution in [1.29, 1.82) is 0 Å². The second-order valence-corrected chi connectivity index (χ2v) is 6.86. The highest BCUT2D eigenvalue weighted by molar-refractivity contribution is 7.99. The zero-order valence-electron chi connectivity index (χ0n) is 12.0. The molecule has 1 amide bonds. The van der Waals surface area contributed by atoms with Crippen molar-refractivity contribution >= 4 is 46.1 Å². The third-order valence-corrected chi connectivity index (χ3v) is 5.29. The number of carbonyl (C=O) groups is 2. The Bertz CT molecular complexity index is 779. The van der Waals surface area contributed by atoms with Gasteiger partial charge in [-0.25, -0.2) is 4.39 Å². The Hall–Kier alpha value is -1.73. The molecule has 0 aliphatic carbocycles. The molecule has 1 aromatic heterocycles. The Morgan fingerprint density at radius 2 is 2.26 bits per heavy atom. The van der Waals surface area contributed by atoms with E-state index in [0.717, 1.165) is 5.75 Å². The maximum absolute atomic E-state index is 13.4. The van der Waals surface area contributed by atoms with Gasteiger partial charge >= 0.3 is 5.97 Å². The number of nitrogens with zero attached hydrogens (tertiary/aromatic N) is 1. The van der Waals surface area contributed by atoms with E-state index in [9.17, 15) is 14.0 Å². The number of aromatic amines is 1. The third-order valence-electron chi connectivity index (χ3n) is 3.81. The van der Waals surface area contributed by atoms with E-state index in [1.54, 1.807) is 11.8 Å². The standard InChI is InChI=1S/C15H14ClFN2O3S/c16-13-10-5-8(17)1-2-11(10)18-14(13)15(22)19-3-4-23-7-9(19)6-12(20)21/h1-2,5,9,18H,3-4,6-7H2,(H,20,21). The Morgan fingerprint density at radius 3 is 3.00 bits per heavy atom. The summed E-state index contributed by atoms with van der Waals surface area (Å²) in [5.41, 5.74) is 0.746. The van der Waals surface area contributed by atoms with Gasteiger partial charge in [-0.3, -0.25) is 9.59 Å². The predicted octanol–water partition coefficient (Wildman–Crippen LogP) is 2.99. The van der Waals surface area contributed by atoms with Crippen LogP contribution in [0.5, 0.6) is 0 Å². The van der Waals surface area contributed by atoms with Crippen LogP contribution in [0.15, 0.2) is 18.2 Å². The Balaban J connectivity index is 1.95. The minimum absolute atomic E-state index is 0.106. The summed E-state index contributed by atoms with van der Waals surface area (Å²) in [6.45, 7) is 0.460. The van der Waals surface area contributed by atoms with E-state index in [2.05, 4.69) is 4.98 Å². The highest BCUT2D eigenvalue weighted by Crippen LogP contribution is 2.30. The zero-order valence-corrected chi connectivity index (χ0v) is 13.6. The normalized spacial score (nSPS) is 18.3. The Kier molecular flexibility index (Phi) is 4.50. The molecule has 0 radical (unpaired) electrons. The second kappa shape index (κ2) is 6.41. The van der Waals surface area contributed by atoms with E-state index in [1.165, 1.54) is 23.1 Å². The molecule has 2 heterocycles. The first-order valence-electron chi connectivity index (χ1n) is 7.04. The second-order valence-electron chi connectivity index (χ2n) is 5.33. The van der Waals surface area contributed by atoms with E-state index in [1.807, 2.05) is 0 Å². The van der Waals surface area contributed by atoms with Crippen LogP contribution in [0.3, 0.4) is 0 Å². The summed E-state index contributed by atoms with van der Waals surface area (Å²) in [5.74, 6) is -0.410. The highest BCUT2D eigenvalue weighted by Gasteiger charge is 2.31. The average molecular weight is 357 g/mol. The van der Waals surface area contributed by atoms with Crippen molar-refractivity contribution in [2.45, 2.75) is 12.5 Å². The van der Waals surface area contributed by atoms with Gasteiger partial charge < -0.3 is 15.0 Å². The number of benzene rings is 1. The lowest BCUT2D eigenvalue weighted by Crippen LogP contribution is -2.47. The highest BCUT2D eigenvalue weighted by atomic mass is 35.5. The fourth-order valence-electron chi connectivity index (χ4n) is 2.72. The van der Waals surface area contributed by atoms with Gasteiger partial charge in [-0.05, 0) is 18.2 Å². The van der Waals surface area contributed by atoms with Gasteiger partial charge in [0.2, 0.25) is 0 Å². The van der Waals surface area contributed by atoms with Crippen molar-refractivity contribution in [3.63, 3.8) is 0 Å². The van der Waals surface area contributed by atoms with Crippen LogP contribution in [0.1, 0.15) is 16.9 Å². The van der Waals surface area contributed by atoms with E-state index in [-0.39, 0.29) is 29.1 Å². The van der Waals surface area contributed by atoms with Crippen LogP contribution in [0.2, 0.25) is 5.02 Å². The van der Waals surface area contributed by atoms with Gasteiger partial charge in [0.25, 0.3) is 5.91 Å². The van der Waals surface area contributed by atoms with Gasteiger partial charge in [0, 0.05) is 29.0 Å². The van der Waals surface area contributed by atoms with Crippen LogP contribution in [-0.4, -0.2) is 51.0 Å². The van der Waals surface area contributed by atoms with E-state index in [0.29, 0.717) is 23.2 Å². The zero-order chi connectivity index (χ0) is 16.6. The number of nitrogens with one attached hydrogen (secondary N) is 1. The molecule has 1 fully saturated rings. The number of amides is 1. The summed E-state index contributed by atoms with van der Waals surface area (Å²) in [6, 6.07) is 3.70. The van der Waals surface area contributed by atoms with Crippen molar-refractivity contribution in [1.82, 2.24) is 9.88 Å². The van der Waals surface area contributed by atoms with Crippen LogP contribution in [0.25, 0.3) is 10.9 Å². The molecule has 122 valence electrons. The molecule has 1 aliphatic heterocycles. The molecular weight excluding hydrogens is 343 g/mol. The van der Waals surface area contributed by atoms with Gasteiger partial charge in [-0.1, -0.05) is 11.6 Å². The molecule has 1 unspecified atom stereocenters. The summed E-state index contributed by atoms with van der Waals surface area (Å²) < 4.78 is 13.4. The largest absolute Gasteiger partial charge is 0.481 e. The fourth-order valence-corrected chi connectivity index (χ4v) is 4.06. The lowest BCUT2D eigenvalue weighted by atomic mass is 10.1. The van der Waals surface area contributed by atoms with Crippen molar-refractivity contribution in [2.75, 3.05) is 18.1 Å². The molecule has 3 rings (SSSR count). The van der Waals surface area contributed by atoms with Crippen LogP contribution in [-0.2, 0) is 4.79 Å². The Labute approximate surface area is 140 Å². The number of aliphatic carboxylic acids is 1. The third kappa shape index (κ3) is 3.16. The molecule has 0 spiro atoms. The summed E-state index contributed by atoms with van der Waals surface area (Å²) in [4.78, 5) is 28.2. The summed E-state index contributed by atoms with van der Waals surface area (Å²) in [5, 5.41) is 9.62. The van der Waals surface area contributed by atoms with Crippen LogP contribution >= 0.6 is 23.4 Å². The van der Waals surface area contributed by atoms with E-state index >= 15 is 0 Å². The van der Waals surface area contributed by atoms with Crippen LogP contribution in [0.4, 0.5) is 4.39 Å². The van der Waals surface area contributed by atoms with Gasteiger partial charge in [0.1, 0.15) is 11.5 Å². The van der Waals surface area contributed by atoms with Crippen LogP contribution in [0, 0.1) is 5.82 Å². The molecule has 1 aromatic carbocycles. The first-order valence-corrected chi connectivity index (χ1v) is 8.58. The summed E-state index contributed by atoms with van der Waals surface area (Å²) in [7, 11) is 0. The number of carboxylic acids is 1. The van der Waals surface area contributed by atoms with E-state index in [4.69, 9.17) is 16.7 Å². The number of H-pyrrole nitrogens is 1. The van der Waals surface area contributed by atoms with Gasteiger partial charge in [-0.2, -0.15) is 11.8 Å². The van der Waals surface area contributed by atoms with Crippen LogP contribution < -0.4 is 0 Å². The molecule has 2 N–H and O–H groups in total. The molecule has 0 saturated carbocycles. The van der Waals surface area contributed by atoms with Crippen molar-refractivity contribution in [2.24, 2.45) is 0 Å². The lowest BCUT2D eigenvalue weighted by Gasteiger charge is -2.34. The van der Waals surface area contributed by atoms with Crippen molar-refractivity contribution in [3.8, 4) is 0 Å². The smallest absolute Gasteiger partial charge is 0.305 e. The Morgan fingerprint density at radius 1 is 1.48 bits per heavy atom. The number of hydrogen-bond acceptors (Lipinski definition) is 3. The molecule has 0 bridgehead atoms. The number of rotatable bonds is 3. The lowest BCUT2D eigenvalue weighted by molar-refractivity contribution is -0.138. The number of thioether (sulfide) groups is 1. The molecule has 1 aliphatic rings. The monoisotopic (exact) mass is 356 g/mol. The quantitative estimate of drug-likeness (QED) is 0.886. The number of hydrogen-bond donors (Lipinski definition) is 2. The number of aromatic nitrogens is 1. The minimum atomic E-state index is -0.944. The first-order chi connectivity index (χ1) is 11.0. The number of carboxylic acid groups (broad SMARTS) is 1. The SMILES string of the molecule is O=C(O)CC1CSCCN1C(=O)c1[nH]c2ccc(F)cc2c1Cl. The molecule has 5 nitrogen and oxygen atoms in total. The molecule has 8 heteroatoms. The molecule has 2 aromatic rings. The average Bonchev–Trinajstić information content (AvgIpc) is 2.83. The van der Waals surface area contributed by atoms with E-state index < -0.39 is 11.8 Å². The fraction of sp³-hybridized carbons (Fsp3) is 0.333. The topological polar surface area (TPSA) is 73.4 Å². The number of carbonyl (C=O) groups excluding carboxylic acids is 1. The van der Waals surface area contributed by atoms with Crippen molar-refractivity contribution in [3.05, 3.63) is 34.7 Å². The number of fused-ring (bicyclic) bond motifs is 1.